The van der Waals surface area contributed by atoms with Crippen LogP contribution in [0.3, 0.4) is 0 Å². The summed E-state index contributed by atoms with van der Waals surface area (Å²) >= 11 is 0. The van der Waals surface area contributed by atoms with E-state index < -0.39 is 0 Å². The van der Waals surface area contributed by atoms with Crippen LogP contribution in [0.5, 0.6) is 5.88 Å². The van der Waals surface area contributed by atoms with Crippen LogP contribution >= 0.6 is 0 Å². The predicted octanol–water partition coefficient (Wildman–Crippen LogP) is 3.89. The van der Waals surface area contributed by atoms with E-state index >= 15 is 0 Å². The van der Waals surface area contributed by atoms with Crippen molar-refractivity contribution in [2.45, 2.75) is 39.3 Å². The van der Waals surface area contributed by atoms with Crippen molar-refractivity contribution in [1.82, 2.24) is 10.3 Å². The van der Waals surface area contributed by atoms with Crippen molar-refractivity contribution in [3.8, 4) is 5.88 Å². The largest absolute Gasteiger partial charge is 0.481 e. The van der Waals surface area contributed by atoms with E-state index in [4.69, 9.17) is 4.74 Å². The molecule has 0 aliphatic rings. The van der Waals surface area contributed by atoms with Gasteiger partial charge in [0, 0.05) is 24.3 Å². The molecule has 3 heteroatoms. The van der Waals surface area contributed by atoms with Crippen LogP contribution < -0.4 is 10.1 Å². The molecule has 21 heavy (non-hydrogen) atoms. The molecule has 112 valence electrons. The maximum absolute atomic E-state index is 5.27. The molecule has 2 aromatic rings. The van der Waals surface area contributed by atoms with Gasteiger partial charge in [-0.15, -0.1) is 0 Å². The Morgan fingerprint density at radius 1 is 1.19 bits per heavy atom. The molecule has 0 aliphatic carbocycles. The summed E-state index contributed by atoms with van der Waals surface area (Å²) in [5.41, 5.74) is 3.79. The molecule has 0 aliphatic heterocycles. The summed E-state index contributed by atoms with van der Waals surface area (Å²) in [6.07, 6.45) is 4.08. The number of methoxy groups -OCH3 is 1. The molecular weight excluding hydrogens is 260 g/mol. The topological polar surface area (TPSA) is 34.2 Å². The summed E-state index contributed by atoms with van der Waals surface area (Å²) in [5.74, 6) is 0.690. The summed E-state index contributed by atoms with van der Waals surface area (Å²) in [7, 11) is 1.65. The van der Waals surface area contributed by atoms with Gasteiger partial charge in [-0.1, -0.05) is 43.7 Å². The monoisotopic (exact) mass is 284 g/mol. The van der Waals surface area contributed by atoms with Gasteiger partial charge in [0.05, 0.1) is 7.11 Å². The van der Waals surface area contributed by atoms with Crippen molar-refractivity contribution in [2.24, 2.45) is 0 Å². The highest BCUT2D eigenvalue weighted by Crippen LogP contribution is 2.17. The third-order valence-corrected chi connectivity index (χ3v) is 3.66. The molecule has 1 unspecified atom stereocenters. The van der Waals surface area contributed by atoms with E-state index in [2.05, 4.69) is 48.4 Å². The maximum atomic E-state index is 5.27. The Bertz CT molecular complexity index is 551. The number of benzene rings is 1. The SMILES string of the molecule is CCCc1ccc(C(C)NCc2cccnc2OC)cc1. The Morgan fingerprint density at radius 2 is 1.95 bits per heavy atom. The number of ether oxygens (including phenoxy) is 1. The van der Waals surface area contributed by atoms with Crippen molar-refractivity contribution in [3.05, 3.63) is 59.3 Å². The number of nitrogens with one attached hydrogen (secondary N) is 1. The van der Waals surface area contributed by atoms with E-state index in [1.165, 1.54) is 17.5 Å². The van der Waals surface area contributed by atoms with Gasteiger partial charge in [-0.25, -0.2) is 4.98 Å². The first kappa shape index (κ1) is 15.5. The first-order valence-corrected chi connectivity index (χ1v) is 7.54. The van der Waals surface area contributed by atoms with E-state index in [1.807, 2.05) is 12.1 Å². The standard InChI is InChI=1S/C18H24N2O/c1-4-6-15-8-10-16(11-9-15)14(2)20-13-17-7-5-12-19-18(17)21-3/h5,7-12,14,20H,4,6,13H2,1-3H3. The molecule has 0 spiro atoms. The minimum atomic E-state index is 0.297. The van der Waals surface area contributed by atoms with E-state index in [-0.39, 0.29) is 0 Å². The second-order valence-corrected chi connectivity index (χ2v) is 5.27. The number of aryl methyl sites for hydroxylation is 1. The number of rotatable bonds is 7. The van der Waals surface area contributed by atoms with Crippen molar-refractivity contribution >= 4 is 0 Å². The summed E-state index contributed by atoms with van der Waals surface area (Å²) in [5, 5.41) is 3.52. The van der Waals surface area contributed by atoms with Gasteiger partial charge in [0.25, 0.3) is 0 Å². The fourth-order valence-electron chi connectivity index (χ4n) is 2.39. The summed E-state index contributed by atoms with van der Waals surface area (Å²) in [4.78, 5) is 4.22. The average Bonchev–Trinajstić information content (AvgIpc) is 2.54. The molecule has 0 bridgehead atoms. The minimum absolute atomic E-state index is 0.297. The van der Waals surface area contributed by atoms with Crippen LogP contribution in [0.25, 0.3) is 0 Å². The van der Waals surface area contributed by atoms with Gasteiger partial charge >= 0.3 is 0 Å². The van der Waals surface area contributed by atoms with Crippen LogP contribution in [0.2, 0.25) is 0 Å². The van der Waals surface area contributed by atoms with Crippen LogP contribution in [0.15, 0.2) is 42.6 Å². The average molecular weight is 284 g/mol. The van der Waals surface area contributed by atoms with Crippen LogP contribution in [0.4, 0.5) is 0 Å². The highest BCUT2D eigenvalue weighted by molar-refractivity contribution is 5.27. The van der Waals surface area contributed by atoms with Crippen molar-refractivity contribution in [2.75, 3.05) is 7.11 Å². The first-order valence-electron chi connectivity index (χ1n) is 7.54. The molecular formula is C18H24N2O. The molecule has 0 fully saturated rings. The van der Waals surface area contributed by atoms with E-state index in [9.17, 15) is 0 Å². The molecule has 0 radical (unpaired) electrons. The molecule has 1 aromatic heterocycles. The smallest absolute Gasteiger partial charge is 0.217 e. The minimum Gasteiger partial charge on any atom is -0.481 e. The Kier molecular flexibility index (Phi) is 5.76. The molecule has 3 nitrogen and oxygen atoms in total. The van der Waals surface area contributed by atoms with E-state index in [0.29, 0.717) is 11.9 Å². The van der Waals surface area contributed by atoms with E-state index in [0.717, 1.165) is 18.5 Å². The fourth-order valence-corrected chi connectivity index (χ4v) is 2.39. The second-order valence-electron chi connectivity index (χ2n) is 5.27. The van der Waals surface area contributed by atoms with Crippen LogP contribution in [0, 0.1) is 0 Å². The Balaban J connectivity index is 1.96. The Hall–Kier alpha value is -1.87. The maximum Gasteiger partial charge on any atom is 0.217 e. The molecule has 1 N–H and O–H groups in total. The quantitative estimate of drug-likeness (QED) is 0.837. The number of hydrogen-bond acceptors (Lipinski definition) is 3. The van der Waals surface area contributed by atoms with Gasteiger partial charge < -0.3 is 10.1 Å². The zero-order valence-corrected chi connectivity index (χ0v) is 13.1. The lowest BCUT2D eigenvalue weighted by molar-refractivity contribution is 0.389. The van der Waals surface area contributed by atoms with Crippen LogP contribution in [-0.4, -0.2) is 12.1 Å². The highest BCUT2D eigenvalue weighted by atomic mass is 16.5. The fraction of sp³-hybridized carbons (Fsp3) is 0.389. The molecule has 1 atom stereocenters. The molecule has 1 aromatic carbocycles. The van der Waals surface area contributed by atoms with Gasteiger partial charge in [-0.2, -0.15) is 0 Å². The van der Waals surface area contributed by atoms with E-state index in [1.54, 1.807) is 13.3 Å². The van der Waals surface area contributed by atoms with Crippen molar-refractivity contribution in [3.63, 3.8) is 0 Å². The highest BCUT2D eigenvalue weighted by Gasteiger charge is 2.08. The number of nitrogens with zero attached hydrogens (tertiary/aromatic N) is 1. The zero-order valence-electron chi connectivity index (χ0n) is 13.1. The normalized spacial score (nSPS) is 12.1. The van der Waals surface area contributed by atoms with Gasteiger partial charge in [0.1, 0.15) is 0 Å². The third kappa shape index (κ3) is 4.30. The third-order valence-electron chi connectivity index (χ3n) is 3.66. The summed E-state index contributed by atoms with van der Waals surface area (Å²) in [6, 6.07) is 13.1. The second kappa shape index (κ2) is 7.79. The molecule has 2 rings (SSSR count). The van der Waals surface area contributed by atoms with Gasteiger partial charge in [0.15, 0.2) is 0 Å². The summed E-state index contributed by atoms with van der Waals surface area (Å²) in [6.45, 7) is 5.13. The Morgan fingerprint density at radius 3 is 2.62 bits per heavy atom. The molecule has 0 amide bonds. The Labute approximate surface area is 127 Å². The van der Waals surface area contributed by atoms with Gasteiger partial charge in [-0.3, -0.25) is 0 Å². The first-order chi connectivity index (χ1) is 10.2. The lowest BCUT2D eigenvalue weighted by Crippen LogP contribution is -2.18. The number of hydrogen-bond donors (Lipinski definition) is 1. The van der Waals surface area contributed by atoms with Gasteiger partial charge in [0.2, 0.25) is 5.88 Å². The number of pyridine rings is 1. The van der Waals surface area contributed by atoms with Crippen molar-refractivity contribution < 1.29 is 4.74 Å². The predicted molar refractivity (Wildman–Crippen MR) is 86.5 cm³/mol. The molecule has 1 heterocycles. The molecule has 0 saturated heterocycles. The zero-order chi connectivity index (χ0) is 15.1. The van der Waals surface area contributed by atoms with Crippen molar-refractivity contribution in [1.29, 1.82) is 0 Å². The number of aromatic nitrogens is 1. The summed E-state index contributed by atoms with van der Waals surface area (Å²) < 4.78 is 5.27. The molecule has 0 saturated carbocycles. The van der Waals surface area contributed by atoms with Crippen LogP contribution in [0.1, 0.15) is 43.0 Å². The van der Waals surface area contributed by atoms with Crippen LogP contribution in [-0.2, 0) is 13.0 Å². The lowest BCUT2D eigenvalue weighted by Gasteiger charge is -2.15. The van der Waals surface area contributed by atoms with Gasteiger partial charge in [-0.05, 0) is 30.5 Å². The lowest BCUT2D eigenvalue weighted by atomic mass is 10.0.